The number of aryl methyl sites for hydroxylation is 2. The summed E-state index contributed by atoms with van der Waals surface area (Å²) >= 11 is 0. The number of aromatic nitrogens is 1. The molecule has 3 heteroatoms. The molecule has 1 aromatic heterocycles. The lowest BCUT2D eigenvalue weighted by Crippen LogP contribution is -1.99. The van der Waals surface area contributed by atoms with E-state index in [4.69, 9.17) is 10.5 Å². The fraction of sp³-hybridized carbons (Fsp3) is 0.267. The first-order valence-corrected chi connectivity index (χ1v) is 6.01. The van der Waals surface area contributed by atoms with Crippen molar-refractivity contribution in [1.82, 2.24) is 4.98 Å². The molecule has 0 aliphatic heterocycles. The molecule has 0 amide bonds. The molecule has 1 heterocycles. The van der Waals surface area contributed by atoms with Gasteiger partial charge >= 0.3 is 0 Å². The van der Waals surface area contributed by atoms with Gasteiger partial charge in [-0.25, -0.2) is 0 Å². The van der Waals surface area contributed by atoms with Crippen molar-refractivity contribution in [3.63, 3.8) is 0 Å². The summed E-state index contributed by atoms with van der Waals surface area (Å²) in [6.45, 7) is 6.66. The lowest BCUT2D eigenvalue weighted by molar-refractivity contribution is 0.475. The topological polar surface area (TPSA) is 48.1 Å². The number of hydrogen-bond donors (Lipinski definition) is 1. The van der Waals surface area contributed by atoms with E-state index in [9.17, 15) is 0 Å². The van der Waals surface area contributed by atoms with Crippen molar-refractivity contribution < 1.29 is 4.74 Å². The Morgan fingerprint density at radius 2 is 1.94 bits per heavy atom. The predicted octanol–water partition coefficient (Wildman–Crippen LogP) is 3.26. The molecule has 0 saturated heterocycles. The molecule has 0 atom stereocenters. The Hall–Kier alpha value is -1.87. The number of hydrogen-bond acceptors (Lipinski definition) is 3. The highest BCUT2D eigenvalue weighted by molar-refractivity contribution is 5.44. The fourth-order valence-electron chi connectivity index (χ4n) is 1.83. The number of ether oxygens (including phenoxy) is 1. The van der Waals surface area contributed by atoms with Crippen LogP contribution in [0.2, 0.25) is 0 Å². The lowest BCUT2D eigenvalue weighted by Gasteiger charge is -2.12. The number of benzene rings is 1. The van der Waals surface area contributed by atoms with E-state index in [1.807, 2.05) is 18.2 Å². The molecule has 2 N–H and O–H groups in total. The van der Waals surface area contributed by atoms with Crippen LogP contribution in [0.1, 0.15) is 22.4 Å². The zero-order chi connectivity index (χ0) is 13.1. The van der Waals surface area contributed by atoms with E-state index >= 15 is 0 Å². The summed E-state index contributed by atoms with van der Waals surface area (Å²) in [6, 6.07) is 7.97. The third kappa shape index (κ3) is 2.68. The van der Waals surface area contributed by atoms with Crippen molar-refractivity contribution in [2.45, 2.75) is 27.3 Å². The average Bonchev–Trinajstić information content (AvgIpc) is 2.36. The Labute approximate surface area is 108 Å². The second-order valence-corrected chi connectivity index (χ2v) is 4.50. The number of rotatable bonds is 3. The molecule has 3 nitrogen and oxygen atoms in total. The summed E-state index contributed by atoms with van der Waals surface area (Å²) in [5, 5.41) is 0. The van der Waals surface area contributed by atoms with Gasteiger partial charge in [-0.2, -0.15) is 0 Å². The fourth-order valence-corrected chi connectivity index (χ4v) is 1.83. The first kappa shape index (κ1) is 12.6. The predicted molar refractivity (Wildman–Crippen MR) is 72.9 cm³/mol. The Morgan fingerprint density at radius 1 is 1.17 bits per heavy atom. The van der Waals surface area contributed by atoms with Gasteiger partial charge in [-0.05, 0) is 55.7 Å². The first-order chi connectivity index (χ1) is 8.60. The molecular weight excluding hydrogens is 224 g/mol. The summed E-state index contributed by atoms with van der Waals surface area (Å²) in [4.78, 5) is 4.22. The highest BCUT2D eigenvalue weighted by Crippen LogP contribution is 2.28. The van der Waals surface area contributed by atoms with Crippen LogP contribution >= 0.6 is 0 Å². The summed E-state index contributed by atoms with van der Waals surface area (Å²) < 4.78 is 5.87. The Balaban J connectivity index is 2.27. The number of pyridine rings is 1. The molecule has 0 unspecified atom stereocenters. The van der Waals surface area contributed by atoms with Crippen LogP contribution in [0.15, 0.2) is 30.5 Å². The molecule has 0 aliphatic carbocycles. The van der Waals surface area contributed by atoms with Gasteiger partial charge in [0.2, 0.25) is 0 Å². The molecular formula is C15H18N2O. The second kappa shape index (κ2) is 5.19. The van der Waals surface area contributed by atoms with E-state index in [1.54, 1.807) is 6.20 Å². The Bertz CT molecular complexity index is 547. The van der Waals surface area contributed by atoms with Gasteiger partial charge in [-0.1, -0.05) is 6.07 Å². The minimum absolute atomic E-state index is 0.447. The van der Waals surface area contributed by atoms with Crippen LogP contribution in [-0.4, -0.2) is 4.98 Å². The molecule has 2 aromatic rings. The standard InChI is InChI=1S/C15H18N2O/c1-10-6-11(2)12(3)15(7-10)18-14-5-4-13(8-16)17-9-14/h4-7,9H,8,16H2,1-3H3. The van der Waals surface area contributed by atoms with Gasteiger partial charge in [0, 0.05) is 6.54 Å². The maximum atomic E-state index is 5.87. The quantitative estimate of drug-likeness (QED) is 0.898. The van der Waals surface area contributed by atoms with Gasteiger partial charge in [0.1, 0.15) is 11.5 Å². The molecule has 0 spiro atoms. The molecule has 0 saturated carbocycles. The summed E-state index contributed by atoms with van der Waals surface area (Å²) in [5.41, 5.74) is 9.96. The highest BCUT2D eigenvalue weighted by atomic mass is 16.5. The van der Waals surface area contributed by atoms with Gasteiger partial charge in [-0.15, -0.1) is 0 Å². The lowest BCUT2D eigenvalue weighted by atomic mass is 10.1. The number of nitrogens with zero attached hydrogens (tertiary/aromatic N) is 1. The van der Waals surface area contributed by atoms with Gasteiger partial charge in [0.15, 0.2) is 0 Å². The van der Waals surface area contributed by atoms with Crippen LogP contribution in [0.25, 0.3) is 0 Å². The summed E-state index contributed by atoms with van der Waals surface area (Å²) in [7, 11) is 0. The molecule has 1 aromatic carbocycles. The second-order valence-electron chi connectivity index (χ2n) is 4.50. The molecule has 94 valence electrons. The van der Waals surface area contributed by atoms with Gasteiger partial charge in [0.05, 0.1) is 11.9 Å². The molecule has 0 aliphatic rings. The van der Waals surface area contributed by atoms with E-state index in [-0.39, 0.29) is 0 Å². The van der Waals surface area contributed by atoms with Crippen molar-refractivity contribution in [3.8, 4) is 11.5 Å². The van der Waals surface area contributed by atoms with Crippen molar-refractivity contribution in [2.75, 3.05) is 0 Å². The van der Waals surface area contributed by atoms with Gasteiger partial charge < -0.3 is 10.5 Å². The zero-order valence-electron chi connectivity index (χ0n) is 11.0. The van der Waals surface area contributed by atoms with Crippen LogP contribution in [0.3, 0.4) is 0 Å². The van der Waals surface area contributed by atoms with Crippen molar-refractivity contribution in [2.24, 2.45) is 5.73 Å². The summed E-state index contributed by atoms with van der Waals surface area (Å²) in [6.07, 6.45) is 1.71. The summed E-state index contributed by atoms with van der Waals surface area (Å²) in [5.74, 6) is 1.62. The largest absolute Gasteiger partial charge is 0.455 e. The smallest absolute Gasteiger partial charge is 0.145 e. The van der Waals surface area contributed by atoms with E-state index < -0.39 is 0 Å². The van der Waals surface area contributed by atoms with E-state index in [1.165, 1.54) is 11.1 Å². The first-order valence-electron chi connectivity index (χ1n) is 6.01. The maximum Gasteiger partial charge on any atom is 0.145 e. The van der Waals surface area contributed by atoms with Crippen LogP contribution in [0.4, 0.5) is 0 Å². The van der Waals surface area contributed by atoms with Crippen LogP contribution in [0, 0.1) is 20.8 Å². The van der Waals surface area contributed by atoms with E-state index in [0.29, 0.717) is 6.54 Å². The van der Waals surface area contributed by atoms with Crippen LogP contribution < -0.4 is 10.5 Å². The molecule has 0 bridgehead atoms. The Morgan fingerprint density at radius 3 is 2.56 bits per heavy atom. The number of nitrogens with two attached hydrogens (primary N) is 1. The minimum Gasteiger partial charge on any atom is -0.455 e. The highest BCUT2D eigenvalue weighted by Gasteiger charge is 2.05. The van der Waals surface area contributed by atoms with Crippen LogP contribution in [0.5, 0.6) is 11.5 Å². The normalized spacial score (nSPS) is 10.4. The molecule has 0 radical (unpaired) electrons. The maximum absolute atomic E-state index is 5.87. The van der Waals surface area contributed by atoms with Gasteiger partial charge in [0.25, 0.3) is 0 Å². The van der Waals surface area contributed by atoms with Crippen molar-refractivity contribution >= 4 is 0 Å². The van der Waals surface area contributed by atoms with Crippen molar-refractivity contribution in [1.29, 1.82) is 0 Å². The third-order valence-electron chi connectivity index (χ3n) is 3.00. The van der Waals surface area contributed by atoms with E-state index in [0.717, 1.165) is 22.8 Å². The third-order valence-corrected chi connectivity index (χ3v) is 3.00. The van der Waals surface area contributed by atoms with Gasteiger partial charge in [-0.3, -0.25) is 4.98 Å². The monoisotopic (exact) mass is 242 g/mol. The van der Waals surface area contributed by atoms with Crippen LogP contribution in [-0.2, 0) is 6.54 Å². The average molecular weight is 242 g/mol. The Kier molecular flexibility index (Phi) is 3.63. The SMILES string of the molecule is Cc1cc(C)c(C)c(Oc2ccc(CN)nc2)c1. The molecule has 2 rings (SSSR count). The molecule has 18 heavy (non-hydrogen) atoms. The zero-order valence-corrected chi connectivity index (χ0v) is 11.0. The molecule has 0 fully saturated rings. The van der Waals surface area contributed by atoms with Crippen molar-refractivity contribution in [3.05, 3.63) is 52.8 Å². The minimum atomic E-state index is 0.447. The van der Waals surface area contributed by atoms with E-state index in [2.05, 4.69) is 31.8 Å².